The monoisotopic (exact) mass is 248 g/mol. The summed E-state index contributed by atoms with van der Waals surface area (Å²) >= 11 is 0. The molecule has 0 bridgehead atoms. The van der Waals surface area contributed by atoms with Gasteiger partial charge < -0.3 is 10.6 Å². The first-order chi connectivity index (χ1) is 8.79. The summed E-state index contributed by atoms with van der Waals surface area (Å²) in [6, 6.07) is 3.64. The molecule has 1 fully saturated rings. The summed E-state index contributed by atoms with van der Waals surface area (Å²) < 4.78 is 0. The molecule has 5 nitrogen and oxygen atoms in total. The average molecular weight is 248 g/mol. The Hall–Kier alpha value is -1.65. The van der Waals surface area contributed by atoms with Gasteiger partial charge in [0.15, 0.2) is 5.82 Å². The Morgan fingerprint density at radius 2 is 2.06 bits per heavy atom. The van der Waals surface area contributed by atoms with E-state index in [2.05, 4.69) is 27.8 Å². The van der Waals surface area contributed by atoms with Crippen LogP contribution in [0.4, 0.5) is 11.6 Å². The molecule has 0 spiro atoms. The molecule has 1 aromatic rings. The summed E-state index contributed by atoms with van der Waals surface area (Å²) in [6.07, 6.45) is 5.41. The number of carbonyl (C=O) groups is 1. The van der Waals surface area contributed by atoms with Crippen LogP contribution in [-0.2, 0) is 4.79 Å². The second-order valence-corrected chi connectivity index (χ2v) is 4.70. The lowest BCUT2D eigenvalue weighted by molar-refractivity contribution is -0.122. The van der Waals surface area contributed by atoms with Crippen LogP contribution in [0.15, 0.2) is 12.1 Å². The summed E-state index contributed by atoms with van der Waals surface area (Å²) in [6.45, 7) is 3.05. The third kappa shape index (κ3) is 3.42. The number of unbranched alkanes of at least 4 members (excludes halogenated alkanes) is 1. The first-order valence-corrected chi connectivity index (χ1v) is 6.68. The molecule has 98 valence electrons. The van der Waals surface area contributed by atoms with Crippen LogP contribution < -0.4 is 10.6 Å². The van der Waals surface area contributed by atoms with Crippen molar-refractivity contribution in [3.8, 4) is 0 Å². The van der Waals surface area contributed by atoms with Crippen molar-refractivity contribution in [1.82, 2.24) is 10.2 Å². The molecule has 0 atom stereocenters. The maximum atomic E-state index is 11.7. The van der Waals surface area contributed by atoms with E-state index in [0.717, 1.165) is 44.5 Å². The topological polar surface area (TPSA) is 66.9 Å². The molecule has 1 amide bonds. The highest BCUT2D eigenvalue weighted by Gasteiger charge is 2.25. The lowest BCUT2D eigenvalue weighted by Gasteiger charge is -2.23. The van der Waals surface area contributed by atoms with E-state index in [0.29, 0.717) is 5.82 Å². The predicted octanol–water partition coefficient (Wildman–Crippen LogP) is 2.43. The molecule has 1 aliphatic rings. The summed E-state index contributed by atoms with van der Waals surface area (Å²) in [5, 5.41) is 14.0. The Labute approximate surface area is 107 Å². The van der Waals surface area contributed by atoms with Gasteiger partial charge in [-0.1, -0.05) is 19.8 Å². The Morgan fingerprint density at radius 1 is 1.33 bits per heavy atom. The van der Waals surface area contributed by atoms with Crippen molar-refractivity contribution >= 4 is 17.5 Å². The molecule has 1 saturated carbocycles. The number of nitrogens with zero attached hydrogens (tertiary/aromatic N) is 2. The first kappa shape index (κ1) is 12.8. The van der Waals surface area contributed by atoms with Gasteiger partial charge in [-0.25, -0.2) is 0 Å². The number of nitrogens with one attached hydrogen (secondary N) is 2. The van der Waals surface area contributed by atoms with E-state index in [9.17, 15) is 4.79 Å². The molecular weight excluding hydrogens is 228 g/mol. The lowest BCUT2D eigenvalue weighted by Crippen LogP contribution is -2.28. The zero-order valence-corrected chi connectivity index (χ0v) is 10.8. The Kier molecular flexibility index (Phi) is 4.50. The van der Waals surface area contributed by atoms with Gasteiger partial charge in [0.25, 0.3) is 0 Å². The molecule has 2 N–H and O–H groups in total. The second kappa shape index (κ2) is 6.33. The van der Waals surface area contributed by atoms with E-state index in [4.69, 9.17) is 0 Å². The van der Waals surface area contributed by atoms with Crippen molar-refractivity contribution in [3.05, 3.63) is 12.1 Å². The molecule has 0 unspecified atom stereocenters. The fraction of sp³-hybridized carbons (Fsp3) is 0.615. The van der Waals surface area contributed by atoms with Crippen LogP contribution in [0.3, 0.4) is 0 Å². The first-order valence-electron chi connectivity index (χ1n) is 6.68. The average Bonchev–Trinajstić information content (AvgIpc) is 2.29. The predicted molar refractivity (Wildman–Crippen MR) is 71.4 cm³/mol. The largest absolute Gasteiger partial charge is 0.369 e. The van der Waals surface area contributed by atoms with E-state index in [1.54, 1.807) is 6.07 Å². The van der Waals surface area contributed by atoms with Gasteiger partial charge in [-0.15, -0.1) is 10.2 Å². The number of hydrogen-bond donors (Lipinski definition) is 2. The zero-order chi connectivity index (χ0) is 12.8. The van der Waals surface area contributed by atoms with Crippen LogP contribution in [0, 0.1) is 5.92 Å². The van der Waals surface area contributed by atoms with Gasteiger partial charge in [0.05, 0.1) is 0 Å². The van der Waals surface area contributed by atoms with Gasteiger partial charge in [0, 0.05) is 12.5 Å². The molecule has 0 radical (unpaired) electrons. The normalized spacial score (nSPS) is 14.9. The van der Waals surface area contributed by atoms with Crippen LogP contribution in [0.25, 0.3) is 0 Å². The minimum atomic E-state index is 0.0715. The van der Waals surface area contributed by atoms with Crippen LogP contribution in [0.5, 0.6) is 0 Å². The molecule has 2 rings (SSSR count). The van der Waals surface area contributed by atoms with Gasteiger partial charge in [0.1, 0.15) is 5.82 Å². The molecule has 1 heterocycles. The van der Waals surface area contributed by atoms with Gasteiger partial charge in [-0.05, 0) is 31.4 Å². The number of aromatic nitrogens is 2. The fourth-order valence-electron chi connectivity index (χ4n) is 1.79. The van der Waals surface area contributed by atoms with Crippen molar-refractivity contribution in [1.29, 1.82) is 0 Å². The Morgan fingerprint density at radius 3 is 2.61 bits per heavy atom. The quantitative estimate of drug-likeness (QED) is 0.759. The highest BCUT2D eigenvalue weighted by molar-refractivity contribution is 5.92. The lowest BCUT2D eigenvalue weighted by atomic mass is 9.85. The van der Waals surface area contributed by atoms with E-state index < -0.39 is 0 Å². The van der Waals surface area contributed by atoms with Gasteiger partial charge in [0.2, 0.25) is 5.91 Å². The molecule has 1 aromatic heterocycles. The highest BCUT2D eigenvalue weighted by Crippen LogP contribution is 2.27. The molecule has 1 aliphatic carbocycles. The number of anilines is 2. The number of carbonyl (C=O) groups excluding carboxylic acids is 1. The Balaban J connectivity index is 1.81. The van der Waals surface area contributed by atoms with Gasteiger partial charge >= 0.3 is 0 Å². The molecule has 0 aromatic carbocycles. The maximum absolute atomic E-state index is 11.7. The number of rotatable bonds is 6. The van der Waals surface area contributed by atoms with Crippen molar-refractivity contribution < 1.29 is 4.79 Å². The third-order valence-electron chi connectivity index (χ3n) is 3.23. The van der Waals surface area contributed by atoms with Crippen LogP contribution in [-0.4, -0.2) is 22.6 Å². The van der Waals surface area contributed by atoms with E-state index in [1.807, 2.05) is 6.07 Å². The van der Waals surface area contributed by atoms with Gasteiger partial charge in [-0.3, -0.25) is 4.79 Å². The summed E-state index contributed by atoms with van der Waals surface area (Å²) in [4.78, 5) is 11.7. The van der Waals surface area contributed by atoms with Crippen LogP contribution in [0.2, 0.25) is 0 Å². The molecule has 0 saturated heterocycles. The molecular formula is C13H20N4O. The zero-order valence-electron chi connectivity index (χ0n) is 10.8. The minimum Gasteiger partial charge on any atom is -0.369 e. The number of hydrogen-bond acceptors (Lipinski definition) is 4. The molecule has 0 aliphatic heterocycles. The summed E-state index contributed by atoms with van der Waals surface area (Å²) in [5.41, 5.74) is 0. The fourth-order valence-corrected chi connectivity index (χ4v) is 1.79. The highest BCUT2D eigenvalue weighted by atomic mass is 16.2. The van der Waals surface area contributed by atoms with E-state index >= 15 is 0 Å². The van der Waals surface area contributed by atoms with Crippen molar-refractivity contribution in [3.63, 3.8) is 0 Å². The molecule has 5 heteroatoms. The van der Waals surface area contributed by atoms with Crippen molar-refractivity contribution in [2.75, 3.05) is 17.2 Å². The third-order valence-corrected chi connectivity index (χ3v) is 3.23. The van der Waals surface area contributed by atoms with E-state index in [1.165, 1.54) is 0 Å². The van der Waals surface area contributed by atoms with Crippen molar-refractivity contribution in [2.24, 2.45) is 5.92 Å². The summed E-state index contributed by atoms with van der Waals surface area (Å²) in [7, 11) is 0. The maximum Gasteiger partial charge on any atom is 0.228 e. The SMILES string of the molecule is CCCCNc1ccc(NC(=O)C2CCC2)nn1. The van der Waals surface area contributed by atoms with Gasteiger partial charge in [-0.2, -0.15) is 0 Å². The second-order valence-electron chi connectivity index (χ2n) is 4.70. The Bertz CT molecular complexity index is 386. The summed E-state index contributed by atoms with van der Waals surface area (Å²) in [5.74, 6) is 1.54. The standard InChI is InChI=1S/C13H20N4O/c1-2-3-9-14-11-7-8-12(17-16-11)15-13(18)10-5-4-6-10/h7-8,10H,2-6,9H2,1H3,(H,14,16)(H,15,17,18). The van der Waals surface area contributed by atoms with E-state index in [-0.39, 0.29) is 11.8 Å². The van der Waals surface area contributed by atoms with Crippen LogP contribution in [0.1, 0.15) is 39.0 Å². The van der Waals surface area contributed by atoms with Crippen LogP contribution >= 0.6 is 0 Å². The smallest absolute Gasteiger partial charge is 0.228 e. The minimum absolute atomic E-state index is 0.0715. The number of amides is 1. The van der Waals surface area contributed by atoms with Crippen molar-refractivity contribution in [2.45, 2.75) is 39.0 Å². The molecule has 18 heavy (non-hydrogen) atoms.